The molecule has 1 saturated heterocycles. The van der Waals surface area contributed by atoms with Gasteiger partial charge in [0.15, 0.2) is 6.10 Å². The molecule has 0 spiro atoms. The largest absolute Gasteiger partial charge is 0.481 e. The first-order valence-corrected chi connectivity index (χ1v) is 7.46. The summed E-state index contributed by atoms with van der Waals surface area (Å²) < 4.78 is 25.0. The van der Waals surface area contributed by atoms with Gasteiger partial charge in [0.2, 0.25) is 0 Å². The third-order valence-electron chi connectivity index (χ3n) is 3.45. The molecule has 2 heterocycles. The lowest BCUT2D eigenvalue weighted by molar-refractivity contribution is -0.0433. The number of nitrogens with one attached hydrogen (secondary N) is 1. The van der Waals surface area contributed by atoms with E-state index in [0.29, 0.717) is 18.9 Å². The summed E-state index contributed by atoms with van der Waals surface area (Å²) in [6, 6.07) is 7.84. The molecule has 0 radical (unpaired) electrons. The van der Waals surface area contributed by atoms with Crippen molar-refractivity contribution < 1.29 is 13.9 Å². The van der Waals surface area contributed by atoms with Crippen LogP contribution in [0.15, 0.2) is 42.7 Å². The predicted molar refractivity (Wildman–Crippen MR) is 81.6 cm³/mol. The van der Waals surface area contributed by atoms with Crippen molar-refractivity contribution in [2.45, 2.75) is 12.2 Å². The van der Waals surface area contributed by atoms with Gasteiger partial charge in [-0.3, -0.25) is 4.98 Å². The molecule has 1 aromatic heterocycles. The molecule has 2 atom stereocenters. The van der Waals surface area contributed by atoms with Crippen molar-refractivity contribution in [1.29, 1.82) is 0 Å². The molecule has 1 N–H and O–H groups in total. The number of benzene rings is 1. The molecule has 1 fully saturated rings. The van der Waals surface area contributed by atoms with Gasteiger partial charge in [-0.25, -0.2) is 4.39 Å². The lowest BCUT2D eigenvalue weighted by Crippen LogP contribution is -2.43. The Labute approximate surface area is 133 Å². The Morgan fingerprint density at radius 2 is 2.32 bits per heavy atom. The van der Waals surface area contributed by atoms with E-state index in [-0.39, 0.29) is 17.2 Å². The number of ether oxygens (including phenoxy) is 2. The van der Waals surface area contributed by atoms with E-state index in [2.05, 4.69) is 10.3 Å². The Bertz CT molecular complexity index is 621. The molecular formula is C16H16ClFN2O2. The maximum absolute atomic E-state index is 13.2. The van der Waals surface area contributed by atoms with E-state index in [4.69, 9.17) is 21.1 Å². The number of hydrogen-bond donors (Lipinski definition) is 1. The highest BCUT2D eigenvalue weighted by Gasteiger charge is 2.28. The minimum absolute atomic E-state index is 0.168. The third kappa shape index (κ3) is 3.55. The fourth-order valence-electron chi connectivity index (χ4n) is 2.39. The van der Waals surface area contributed by atoms with Crippen LogP contribution in [-0.2, 0) is 4.74 Å². The fourth-order valence-corrected chi connectivity index (χ4v) is 2.60. The number of morpholine rings is 1. The van der Waals surface area contributed by atoms with Gasteiger partial charge >= 0.3 is 0 Å². The van der Waals surface area contributed by atoms with Crippen molar-refractivity contribution in [2.24, 2.45) is 0 Å². The molecule has 0 bridgehead atoms. The highest BCUT2D eigenvalue weighted by molar-refractivity contribution is 6.32. The van der Waals surface area contributed by atoms with E-state index in [9.17, 15) is 4.39 Å². The second-order valence-electron chi connectivity index (χ2n) is 5.01. The number of halogens is 2. The van der Waals surface area contributed by atoms with Crippen LogP contribution in [0, 0.1) is 5.82 Å². The van der Waals surface area contributed by atoms with Gasteiger partial charge in [-0.05, 0) is 24.3 Å². The van der Waals surface area contributed by atoms with Gasteiger partial charge in [-0.1, -0.05) is 17.7 Å². The molecule has 116 valence electrons. The van der Waals surface area contributed by atoms with Crippen molar-refractivity contribution >= 4 is 11.6 Å². The molecule has 0 saturated carbocycles. The molecule has 0 aliphatic carbocycles. The summed E-state index contributed by atoms with van der Waals surface area (Å²) in [5.74, 6) is 0.0250. The highest BCUT2D eigenvalue weighted by atomic mass is 35.5. The molecule has 1 aliphatic heterocycles. The normalized spacial score (nSPS) is 19.6. The minimum Gasteiger partial charge on any atom is -0.481 e. The Morgan fingerprint density at radius 1 is 1.41 bits per heavy atom. The molecule has 3 rings (SSSR count). The first-order valence-electron chi connectivity index (χ1n) is 7.08. The average Bonchev–Trinajstić information content (AvgIpc) is 2.56. The number of aromatic nitrogens is 1. The summed E-state index contributed by atoms with van der Waals surface area (Å²) in [4.78, 5) is 4.13. The van der Waals surface area contributed by atoms with E-state index in [0.717, 1.165) is 12.1 Å². The molecule has 4 nitrogen and oxygen atoms in total. The minimum atomic E-state index is -0.397. The van der Waals surface area contributed by atoms with Crippen LogP contribution in [0.25, 0.3) is 0 Å². The summed E-state index contributed by atoms with van der Waals surface area (Å²) in [6.07, 6.45) is 2.90. The van der Waals surface area contributed by atoms with E-state index in [1.54, 1.807) is 12.4 Å². The number of nitrogens with zero attached hydrogens (tertiary/aromatic N) is 1. The van der Waals surface area contributed by atoms with Crippen LogP contribution in [0.4, 0.5) is 4.39 Å². The van der Waals surface area contributed by atoms with E-state index >= 15 is 0 Å². The van der Waals surface area contributed by atoms with E-state index in [1.165, 1.54) is 18.2 Å². The van der Waals surface area contributed by atoms with Crippen LogP contribution in [-0.4, -0.2) is 30.8 Å². The Morgan fingerprint density at radius 3 is 3.00 bits per heavy atom. The maximum atomic E-state index is 13.2. The van der Waals surface area contributed by atoms with E-state index in [1.807, 2.05) is 12.1 Å². The van der Waals surface area contributed by atoms with Crippen LogP contribution in [0.5, 0.6) is 5.75 Å². The molecule has 1 aromatic carbocycles. The average molecular weight is 323 g/mol. The molecule has 6 heteroatoms. The highest BCUT2D eigenvalue weighted by Crippen LogP contribution is 2.32. The molecular weight excluding hydrogens is 307 g/mol. The second-order valence-corrected chi connectivity index (χ2v) is 5.42. The Hall–Kier alpha value is -1.69. The smallest absolute Gasteiger partial charge is 0.153 e. The fraction of sp³-hybridized carbons (Fsp3) is 0.312. The van der Waals surface area contributed by atoms with Gasteiger partial charge in [0, 0.05) is 31.0 Å². The quantitative estimate of drug-likeness (QED) is 0.940. The second kappa shape index (κ2) is 7.05. The topological polar surface area (TPSA) is 43.4 Å². The first-order chi connectivity index (χ1) is 10.7. The van der Waals surface area contributed by atoms with Gasteiger partial charge < -0.3 is 14.8 Å². The molecule has 1 aliphatic rings. The maximum Gasteiger partial charge on any atom is 0.153 e. The zero-order valence-electron chi connectivity index (χ0n) is 11.8. The summed E-state index contributed by atoms with van der Waals surface area (Å²) in [5.41, 5.74) is 0.886. The monoisotopic (exact) mass is 322 g/mol. The van der Waals surface area contributed by atoms with Gasteiger partial charge in [0.05, 0.1) is 11.6 Å². The van der Waals surface area contributed by atoms with Crippen LogP contribution in [0.3, 0.4) is 0 Å². The zero-order chi connectivity index (χ0) is 15.4. The van der Waals surface area contributed by atoms with Crippen LogP contribution < -0.4 is 10.1 Å². The number of pyridine rings is 1. The Balaban J connectivity index is 1.87. The van der Waals surface area contributed by atoms with Gasteiger partial charge in [-0.2, -0.15) is 0 Å². The van der Waals surface area contributed by atoms with Crippen LogP contribution >= 0.6 is 11.6 Å². The predicted octanol–water partition coefficient (Wildman–Crippen LogP) is 2.98. The first kappa shape index (κ1) is 15.2. The van der Waals surface area contributed by atoms with E-state index < -0.39 is 5.82 Å². The van der Waals surface area contributed by atoms with Crippen molar-refractivity contribution in [1.82, 2.24) is 10.3 Å². The number of rotatable bonds is 4. The molecule has 1 unspecified atom stereocenters. The molecule has 0 amide bonds. The lowest BCUT2D eigenvalue weighted by atomic mass is 10.1. The summed E-state index contributed by atoms with van der Waals surface area (Å²) in [5, 5.41) is 3.51. The zero-order valence-corrected chi connectivity index (χ0v) is 12.6. The lowest BCUT2D eigenvalue weighted by Gasteiger charge is -2.31. The summed E-state index contributed by atoms with van der Waals surface area (Å²) in [6.45, 7) is 2.09. The SMILES string of the molecule is Fc1ccc(OC(c2cccnc2)[C@H]2CNCCO2)c(Cl)c1. The standard InChI is InChI=1S/C16H16ClFN2O2/c17-13-8-12(18)3-4-14(13)22-16(11-2-1-5-19-9-11)15-10-20-6-7-21-15/h1-5,8-9,15-16,20H,6-7,10H2/t15-,16?/m1/s1. The number of hydrogen-bond acceptors (Lipinski definition) is 4. The summed E-state index contributed by atoms with van der Waals surface area (Å²) in [7, 11) is 0. The van der Waals surface area contributed by atoms with Crippen molar-refractivity contribution in [3.05, 3.63) is 59.1 Å². The van der Waals surface area contributed by atoms with Crippen molar-refractivity contribution in [3.63, 3.8) is 0 Å². The van der Waals surface area contributed by atoms with Crippen LogP contribution in [0.1, 0.15) is 11.7 Å². The van der Waals surface area contributed by atoms with Gasteiger partial charge in [0.25, 0.3) is 0 Å². The Kier molecular flexibility index (Phi) is 4.87. The molecule has 2 aromatic rings. The van der Waals surface area contributed by atoms with Gasteiger partial charge in [0.1, 0.15) is 17.7 Å². The molecule has 22 heavy (non-hydrogen) atoms. The third-order valence-corrected chi connectivity index (χ3v) is 3.75. The van der Waals surface area contributed by atoms with Crippen molar-refractivity contribution in [3.8, 4) is 5.75 Å². The van der Waals surface area contributed by atoms with Crippen molar-refractivity contribution in [2.75, 3.05) is 19.7 Å². The summed E-state index contributed by atoms with van der Waals surface area (Å²) >= 11 is 6.06. The van der Waals surface area contributed by atoms with Gasteiger partial charge in [-0.15, -0.1) is 0 Å². The van der Waals surface area contributed by atoms with Crippen LogP contribution in [0.2, 0.25) is 5.02 Å².